The first-order valence-corrected chi connectivity index (χ1v) is 8.51. The molecule has 2 aromatic rings. The van der Waals surface area contributed by atoms with Gasteiger partial charge in [-0.1, -0.05) is 30.0 Å². The van der Waals surface area contributed by atoms with Gasteiger partial charge in [0.05, 0.1) is 17.1 Å². The second-order valence-electron chi connectivity index (χ2n) is 6.12. The molecule has 2 unspecified atom stereocenters. The predicted molar refractivity (Wildman–Crippen MR) is 86.8 cm³/mol. The van der Waals surface area contributed by atoms with Crippen molar-refractivity contribution >= 4 is 11.8 Å². The van der Waals surface area contributed by atoms with E-state index in [0.717, 1.165) is 22.4 Å². The lowest BCUT2D eigenvalue weighted by atomic mass is 9.93. The Kier molecular flexibility index (Phi) is 3.34. The maximum Gasteiger partial charge on any atom is 0.225 e. The third kappa shape index (κ3) is 2.15. The van der Waals surface area contributed by atoms with E-state index in [9.17, 15) is 10.2 Å². The molecule has 0 radical (unpaired) electrons. The number of phenols is 2. The van der Waals surface area contributed by atoms with E-state index in [0.29, 0.717) is 4.90 Å². The molecule has 1 saturated heterocycles. The van der Waals surface area contributed by atoms with E-state index in [1.807, 2.05) is 38.1 Å². The van der Waals surface area contributed by atoms with Crippen LogP contribution in [0.25, 0.3) is 0 Å². The number of aromatic hydroxyl groups is 2. The first kappa shape index (κ1) is 14.9. The van der Waals surface area contributed by atoms with Crippen LogP contribution in [0.15, 0.2) is 46.2 Å². The minimum Gasteiger partial charge on any atom is -0.504 e. The summed E-state index contributed by atoms with van der Waals surface area (Å²) in [5, 5.41) is 20.2. The van der Waals surface area contributed by atoms with E-state index in [2.05, 4.69) is 0 Å². The topological polar surface area (TPSA) is 58.9 Å². The fourth-order valence-corrected chi connectivity index (χ4v) is 4.61. The first-order chi connectivity index (χ1) is 11.0. The van der Waals surface area contributed by atoms with Crippen molar-refractivity contribution in [1.29, 1.82) is 0 Å². The molecular weight excluding hydrogens is 312 g/mol. The maximum atomic E-state index is 10.3. The normalized spacial score (nSPS) is 29.1. The zero-order valence-corrected chi connectivity index (χ0v) is 13.8. The molecule has 2 heterocycles. The number of hydrogen-bond acceptors (Lipinski definition) is 5. The number of hydrogen-bond donors (Lipinski definition) is 2. The molecule has 5 heteroatoms. The summed E-state index contributed by atoms with van der Waals surface area (Å²) in [6.07, 6.45) is 0.869. The second kappa shape index (κ2) is 5.16. The highest BCUT2D eigenvalue weighted by molar-refractivity contribution is 7.99. The molecule has 1 spiro atoms. The van der Waals surface area contributed by atoms with Crippen molar-refractivity contribution in [3.63, 3.8) is 0 Å². The van der Waals surface area contributed by atoms with Gasteiger partial charge in [-0.15, -0.1) is 0 Å². The largest absolute Gasteiger partial charge is 0.504 e. The van der Waals surface area contributed by atoms with Crippen molar-refractivity contribution in [2.24, 2.45) is 0 Å². The molecule has 4 rings (SSSR count). The Bertz CT molecular complexity index is 764. The molecule has 2 aliphatic heterocycles. The average molecular weight is 330 g/mol. The molecule has 23 heavy (non-hydrogen) atoms. The number of ether oxygens (including phenoxy) is 2. The maximum absolute atomic E-state index is 10.3. The molecule has 0 bridgehead atoms. The van der Waals surface area contributed by atoms with Crippen molar-refractivity contribution in [2.45, 2.75) is 48.1 Å². The van der Waals surface area contributed by atoms with E-state index < -0.39 is 5.79 Å². The van der Waals surface area contributed by atoms with Gasteiger partial charge in [0.2, 0.25) is 5.79 Å². The number of rotatable bonds is 0. The molecule has 2 aromatic carbocycles. The Morgan fingerprint density at radius 2 is 1.70 bits per heavy atom. The summed E-state index contributed by atoms with van der Waals surface area (Å²) in [5.41, 5.74) is 1.69. The van der Waals surface area contributed by atoms with Crippen molar-refractivity contribution in [3.8, 4) is 11.5 Å². The van der Waals surface area contributed by atoms with Crippen LogP contribution < -0.4 is 0 Å². The van der Waals surface area contributed by atoms with E-state index >= 15 is 0 Å². The summed E-state index contributed by atoms with van der Waals surface area (Å²) in [5.74, 6) is -1.30. The van der Waals surface area contributed by atoms with Crippen LogP contribution in [0.5, 0.6) is 11.5 Å². The summed E-state index contributed by atoms with van der Waals surface area (Å²) in [7, 11) is 0. The fraction of sp³-hybridized carbons (Fsp3) is 0.333. The second-order valence-corrected chi connectivity index (χ2v) is 7.17. The van der Waals surface area contributed by atoms with Gasteiger partial charge in [0.1, 0.15) is 0 Å². The Hall–Kier alpha value is -1.69. The van der Waals surface area contributed by atoms with E-state index in [1.165, 1.54) is 17.8 Å². The molecule has 0 aliphatic carbocycles. The molecule has 4 nitrogen and oxygen atoms in total. The zero-order chi connectivity index (χ0) is 16.2. The van der Waals surface area contributed by atoms with Gasteiger partial charge in [-0.2, -0.15) is 0 Å². The van der Waals surface area contributed by atoms with Gasteiger partial charge in [-0.05, 0) is 38.5 Å². The van der Waals surface area contributed by atoms with Crippen LogP contribution in [0, 0.1) is 0 Å². The van der Waals surface area contributed by atoms with E-state index in [1.54, 1.807) is 6.07 Å². The van der Waals surface area contributed by atoms with Crippen LogP contribution in [-0.4, -0.2) is 22.4 Å². The standard InChI is InChI=1S/C18H18O4S/c1-10-9-11(2)22-18(21-10)12-5-3-4-6-15(12)23-17-13(18)7-8-14(19)16(17)20/h3-8,10-11,19-20H,9H2,1-2H3. The minimum absolute atomic E-state index is 0.0266. The lowest BCUT2D eigenvalue weighted by Crippen LogP contribution is -2.47. The summed E-state index contributed by atoms with van der Waals surface area (Å²) < 4.78 is 12.6. The SMILES string of the molecule is CC1CC(C)OC2(O1)c1ccccc1Sc1c2ccc(O)c1O. The van der Waals surface area contributed by atoms with Crippen molar-refractivity contribution < 1.29 is 19.7 Å². The lowest BCUT2D eigenvalue weighted by Gasteiger charge is -2.46. The molecule has 2 aliphatic rings. The molecular formula is C18H18O4S. The molecule has 1 fully saturated rings. The van der Waals surface area contributed by atoms with Crippen LogP contribution in [-0.2, 0) is 15.3 Å². The molecule has 2 N–H and O–H groups in total. The molecule has 0 saturated carbocycles. The van der Waals surface area contributed by atoms with Crippen LogP contribution >= 0.6 is 11.8 Å². The van der Waals surface area contributed by atoms with Crippen molar-refractivity contribution in [3.05, 3.63) is 47.5 Å². The monoisotopic (exact) mass is 330 g/mol. The molecule has 120 valence electrons. The highest BCUT2D eigenvalue weighted by Gasteiger charge is 2.49. The Morgan fingerprint density at radius 3 is 2.43 bits per heavy atom. The smallest absolute Gasteiger partial charge is 0.225 e. The number of benzene rings is 2. The summed E-state index contributed by atoms with van der Waals surface area (Å²) in [6.45, 7) is 4.07. The number of phenolic OH excluding ortho intramolecular Hbond substituents is 2. The summed E-state index contributed by atoms with van der Waals surface area (Å²) >= 11 is 1.42. The summed E-state index contributed by atoms with van der Waals surface area (Å²) in [4.78, 5) is 1.55. The van der Waals surface area contributed by atoms with Crippen molar-refractivity contribution in [1.82, 2.24) is 0 Å². The predicted octanol–water partition coefficient (Wildman–Crippen LogP) is 3.98. The number of fused-ring (bicyclic) bond motifs is 4. The average Bonchev–Trinajstić information content (AvgIpc) is 2.51. The fourth-order valence-electron chi connectivity index (χ4n) is 3.42. The van der Waals surface area contributed by atoms with Gasteiger partial charge in [0.15, 0.2) is 11.5 Å². The molecule has 0 aromatic heterocycles. The summed E-state index contributed by atoms with van der Waals surface area (Å²) in [6, 6.07) is 11.1. The minimum atomic E-state index is -1.04. The van der Waals surface area contributed by atoms with Gasteiger partial charge < -0.3 is 19.7 Å². The van der Waals surface area contributed by atoms with Crippen LogP contribution in [0.1, 0.15) is 31.4 Å². The van der Waals surface area contributed by atoms with Crippen LogP contribution in [0.2, 0.25) is 0 Å². The van der Waals surface area contributed by atoms with Gasteiger partial charge in [0, 0.05) is 16.0 Å². The third-order valence-electron chi connectivity index (χ3n) is 4.32. The van der Waals surface area contributed by atoms with Gasteiger partial charge in [0.25, 0.3) is 0 Å². The van der Waals surface area contributed by atoms with Gasteiger partial charge >= 0.3 is 0 Å². The Morgan fingerprint density at radius 1 is 1.00 bits per heavy atom. The van der Waals surface area contributed by atoms with Crippen LogP contribution in [0.4, 0.5) is 0 Å². The Balaban J connectivity index is 2.00. The van der Waals surface area contributed by atoms with Crippen molar-refractivity contribution in [2.75, 3.05) is 0 Å². The van der Waals surface area contributed by atoms with Gasteiger partial charge in [-0.25, -0.2) is 0 Å². The van der Waals surface area contributed by atoms with E-state index in [4.69, 9.17) is 9.47 Å². The first-order valence-electron chi connectivity index (χ1n) is 7.69. The lowest BCUT2D eigenvalue weighted by molar-refractivity contribution is -0.300. The van der Waals surface area contributed by atoms with Gasteiger partial charge in [-0.3, -0.25) is 0 Å². The quantitative estimate of drug-likeness (QED) is 0.716. The zero-order valence-electron chi connectivity index (χ0n) is 12.9. The molecule has 2 atom stereocenters. The van der Waals surface area contributed by atoms with E-state index in [-0.39, 0.29) is 23.7 Å². The third-order valence-corrected chi connectivity index (χ3v) is 5.51. The highest BCUT2D eigenvalue weighted by Crippen LogP contribution is 2.56. The van der Waals surface area contributed by atoms with Crippen LogP contribution in [0.3, 0.4) is 0 Å². The Labute approximate surface area is 139 Å². The highest BCUT2D eigenvalue weighted by atomic mass is 32.2. The molecule has 0 amide bonds.